The Labute approximate surface area is 532 Å². The number of nitrogens with zero attached hydrogens (tertiary/aromatic N) is 4. The van der Waals surface area contributed by atoms with Crippen molar-refractivity contribution in [2.75, 3.05) is 9.80 Å². The Morgan fingerprint density at radius 2 is 0.587 bits per heavy atom. The lowest BCUT2D eigenvalue weighted by Crippen LogP contribution is -2.11. The molecule has 0 aliphatic rings. The molecule has 0 radical (unpaired) electrons. The molecule has 0 amide bonds. The minimum atomic E-state index is -0.0108. The second-order valence-corrected chi connectivity index (χ2v) is 27.0. The largest absolute Gasteiger partial charge is 0.456 e. The summed E-state index contributed by atoms with van der Waals surface area (Å²) in [5.74, 6) is 0. The monoisotopic (exact) mass is 1180 g/mol. The minimum absolute atomic E-state index is 0.0108. The van der Waals surface area contributed by atoms with Gasteiger partial charge in [0, 0.05) is 88.6 Å². The van der Waals surface area contributed by atoms with Gasteiger partial charge < -0.3 is 27.8 Å². The second-order valence-electron chi connectivity index (χ2n) is 27.0. The SMILES string of the molecule is CC(C)(C)c1ccc(-n2c3cc(N(c4ccc5ccccc5c4)c4ccc5oc6ccccc6c5c4)ccc3c3c4ccc5c(c4ccc32)c2ccc(N(c3ccc4ccccc4c3)c3ccc4oc6ccccc6c4c3)cc2n5-c2ccc(C(C)(C)C)cc2)cc1. The van der Waals surface area contributed by atoms with Gasteiger partial charge in [0.15, 0.2) is 0 Å². The highest BCUT2D eigenvalue weighted by atomic mass is 16.3. The van der Waals surface area contributed by atoms with E-state index < -0.39 is 0 Å². The summed E-state index contributed by atoms with van der Waals surface area (Å²) in [6, 6.07) is 103. The number of aromatic nitrogens is 2. The van der Waals surface area contributed by atoms with Crippen LogP contribution >= 0.6 is 0 Å². The van der Waals surface area contributed by atoms with Crippen molar-refractivity contribution in [1.29, 1.82) is 0 Å². The first-order chi connectivity index (χ1) is 44.8. The summed E-state index contributed by atoms with van der Waals surface area (Å²) in [7, 11) is 0. The molecule has 18 aromatic rings. The van der Waals surface area contributed by atoms with Crippen LogP contribution in [0.25, 0.3) is 131 Å². The van der Waals surface area contributed by atoms with Gasteiger partial charge in [-0.05, 0) is 188 Å². The van der Waals surface area contributed by atoms with Crippen molar-refractivity contribution in [1.82, 2.24) is 9.13 Å². The third kappa shape index (κ3) is 8.47. The number of hydrogen-bond acceptors (Lipinski definition) is 4. The number of fused-ring (bicyclic) bond motifs is 17. The van der Waals surface area contributed by atoms with E-state index in [1.54, 1.807) is 0 Å². The molecule has 0 fully saturated rings. The summed E-state index contributed by atoms with van der Waals surface area (Å²) in [6.07, 6.45) is 0. The number of benzene rings is 14. The van der Waals surface area contributed by atoms with Crippen LogP contribution in [0.4, 0.5) is 34.1 Å². The zero-order valence-electron chi connectivity index (χ0n) is 52.2. The number of furan rings is 2. The van der Waals surface area contributed by atoms with Crippen molar-refractivity contribution in [2.45, 2.75) is 52.4 Å². The summed E-state index contributed by atoms with van der Waals surface area (Å²) < 4.78 is 17.8. The van der Waals surface area contributed by atoms with E-state index in [2.05, 4.69) is 327 Å². The Balaban J connectivity index is 0.885. The first kappa shape index (κ1) is 53.7. The molecule has 4 aromatic heterocycles. The lowest BCUT2D eigenvalue weighted by Gasteiger charge is -2.26. The van der Waals surface area contributed by atoms with Gasteiger partial charge in [0.1, 0.15) is 22.3 Å². The van der Waals surface area contributed by atoms with E-state index in [0.29, 0.717) is 0 Å². The Morgan fingerprint density at radius 3 is 1.01 bits per heavy atom. The predicted octanol–water partition coefficient (Wildman–Crippen LogP) is 24.7. The highest BCUT2D eigenvalue weighted by Crippen LogP contribution is 2.48. The highest BCUT2D eigenvalue weighted by molar-refractivity contribution is 6.30. The topological polar surface area (TPSA) is 42.6 Å². The molecule has 18 rings (SSSR count). The van der Waals surface area contributed by atoms with Crippen molar-refractivity contribution in [3.8, 4) is 11.4 Å². The van der Waals surface area contributed by atoms with Crippen LogP contribution in [0.5, 0.6) is 0 Å². The van der Waals surface area contributed by atoms with E-state index in [-0.39, 0.29) is 10.8 Å². The van der Waals surface area contributed by atoms with E-state index in [9.17, 15) is 0 Å². The van der Waals surface area contributed by atoms with Gasteiger partial charge >= 0.3 is 0 Å². The molecule has 0 saturated carbocycles. The fraction of sp³-hybridized carbons (Fsp3) is 0.0930. The van der Waals surface area contributed by atoms with Crippen molar-refractivity contribution in [3.63, 3.8) is 0 Å². The van der Waals surface area contributed by atoms with Crippen LogP contribution in [0, 0.1) is 0 Å². The fourth-order valence-corrected chi connectivity index (χ4v) is 14.7. The molecule has 92 heavy (non-hydrogen) atoms. The van der Waals surface area contributed by atoms with E-state index in [1.807, 2.05) is 12.1 Å². The molecule has 0 N–H and O–H groups in total. The molecule has 14 aromatic carbocycles. The predicted molar refractivity (Wildman–Crippen MR) is 389 cm³/mol. The normalized spacial score (nSPS) is 12.5. The van der Waals surface area contributed by atoms with Gasteiger partial charge in [0.25, 0.3) is 0 Å². The summed E-state index contributed by atoms with van der Waals surface area (Å²) in [5.41, 5.74) is 19.1. The standard InChI is InChI=1S/C86H64N4O2/c1-85(2,3)57-25-31-59(32-26-57)89-75-43-41-70-69(83(75)71-39-35-65(51-77(71)89)87(61-29-23-53-15-7-9-17-55(53)47-61)63-37-45-81-73(49-63)67-19-11-13-21-79(67)91-81)42-44-76-84(70)72-40-36-66(52-78(72)90(76)60-33-27-58(28-34-60)86(4,5)6)88(62-30-24-54-16-8-10-18-56(54)48-62)64-38-46-82-74(50-64)68-20-12-14-22-80(68)92-82/h7-52H,1-6H3. The van der Waals surface area contributed by atoms with Crippen LogP contribution in [0.1, 0.15) is 52.7 Å². The molecule has 0 bridgehead atoms. The first-order valence-corrected chi connectivity index (χ1v) is 32.0. The van der Waals surface area contributed by atoms with Crippen LogP contribution in [0.3, 0.4) is 0 Å². The van der Waals surface area contributed by atoms with Gasteiger partial charge in [0.05, 0.1) is 22.1 Å². The number of rotatable bonds is 8. The zero-order chi connectivity index (χ0) is 61.7. The molecular weight excluding hydrogens is 1120 g/mol. The molecular formula is C86H64N4O2. The number of hydrogen-bond donors (Lipinski definition) is 0. The fourth-order valence-electron chi connectivity index (χ4n) is 14.7. The molecule has 0 unspecified atom stereocenters. The minimum Gasteiger partial charge on any atom is -0.456 e. The van der Waals surface area contributed by atoms with Crippen molar-refractivity contribution in [2.24, 2.45) is 0 Å². The van der Waals surface area contributed by atoms with Crippen molar-refractivity contribution in [3.05, 3.63) is 290 Å². The lowest BCUT2D eigenvalue weighted by atomic mass is 9.87. The molecule has 6 heteroatoms. The first-order valence-electron chi connectivity index (χ1n) is 32.0. The summed E-state index contributed by atoms with van der Waals surface area (Å²) in [6.45, 7) is 13.7. The molecule has 0 aliphatic carbocycles. The molecule has 6 nitrogen and oxygen atoms in total. The van der Waals surface area contributed by atoms with Crippen LogP contribution in [-0.4, -0.2) is 9.13 Å². The van der Waals surface area contributed by atoms with Gasteiger partial charge in [-0.2, -0.15) is 0 Å². The Kier molecular flexibility index (Phi) is 11.7. The maximum atomic E-state index is 6.42. The van der Waals surface area contributed by atoms with Gasteiger partial charge in [-0.1, -0.05) is 187 Å². The van der Waals surface area contributed by atoms with Crippen LogP contribution in [0.15, 0.2) is 288 Å². The van der Waals surface area contributed by atoms with Crippen molar-refractivity contribution < 1.29 is 8.83 Å². The Bertz CT molecular complexity index is 5670. The second kappa shape index (κ2) is 20.1. The van der Waals surface area contributed by atoms with Gasteiger partial charge in [-0.3, -0.25) is 0 Å². The molecule has 0 aliphatic heterocycles. The maximum Gasteiger partial charge on any atom is 0.135 e. The van der Waals surface area contributed by atoms with Crippen LogP contribution in [0.2, 0.25) is 0 Å². The molecule has 0 spiro atoms. The van der Waals surface area contributed by atoms with E-state index in [1.165, 1.54) is 65.0 Å². The lowest BCUT2D eigenvalue weighted by molar-refractivity contribution is 0.590. The Hall–Kier alpha value is -11.3. The third-order valence-electron chi connectivity index (χ3n) is 19.3. The smallest absolute Gasteiger partial charge is 0.135 e. The van der Waals surface area contributed by atoms with Crippen molar-refractivity contribution >= 4 is 154 Å². The van der Waals surface area contributed by atoms with Gasteiger partial charge in [0.2, 0.25) is 0 Å². The summed E-state index contributed by atoms with van der Waals surface area (Å²) in [5, 5.41) is 16.3. The Morgan fingerprint density at radius 1 is 0.250 bits per heavy atom. The average molecular weight is 1190 g/mol. The van der Waals surface area contributed by atoms with E-state index in [4.69, 9.17) is 8.83 Å². The summed E-state index contributed by atoms with van der Waals surface area (Å²) in [4.78, 5) is 4.82. The number of para-hydroxylation sites is 2. The van der Waals surface area contributed by atoms with Gasteiger partial charge in [-0.25, -0.2) is 0 Å². The van der Waals surface area contributed by atoms with Gasteiger partial charge in [-0.15, -0.1) is 0 Å². The third-order valence-corrected chi connectivity index (χ3v) is 19.3. The molecule has 440 valence electrons. The quantitative estimate of drug-likeness (QED) is 0.152. The highest BCUT2D eigenvalue weighted by Gasteiger charge is 2.26. The van der Waals surface area contributed by atoms with Crippen LogP contribution < -0.4 is 9.80 Å². The van der Waals surface area contributed by atoms with Crippen LogP contribution in [-0.2, 0) is 10.8 Å². The molecule has 0 saturated heterocycles. The molecule has 4 heterocycles. The summed E-state index contributed by atoms with van der Waals surface area (Å²) >= 11 is 0. The average Bonchev–Trinajstić information content (AvgIpc) is 1.54. The van der Waals surface area contributed by atoms with E-state index >= 15 is 0 Å². The zero-order valence-corrected chi connectivity index (χ0v) is 52.2. The number of anilines is 6. The maximum absolute atomic E-state index is 6.42. The van der Waals surface area contributed by atoms with E-state index in [0.717, 1.165) is 111 Å². The molecule has 0 atom stereocenters.